The number of aliphatic hydroxyl groups excluding tert-OH is 1. The van der Waals surface area contributed by atoms with Crippen LogP contribution in [-0.2, 0) is 9.47 Å². The number of fused-ring (bicyclic) bond motifs is 7. The van der Waals surface area contributed by atoms with Crippen molar-refractivity contribution < 1.29 is 14.6 Å². The summed E-state index contributed by atoms with van der Waals surface area (Å²) in [5.74, 6) is 4.09. The van der Waals surface area contributed by atoms with E-state index in [9.17, 15) is 5.11 Å². The molecule has 6 fully saturated rings. The van der Waals surface area contributed by atoms with Gasteiger partial charge in [-0.15, -0.1) is 0 Å². The minimum Gasteiger partial charge on any atom is -0.393 e. The van der Waals surface area contributed by atoms with E-state index in [4.69, 9.17) is 9.47 Å². The molecule has 6 aliphatic rings. The minimum absolute atomic E-state index is 0.0713. The Morgan fingerprint density at radius 3 is 2.42 bits per heavy atom. The van der Waals surface area contributed by atoms with Crippen LogP contribution in [0.3, 0.4) is 0 Å². The molecule has 0 aromatic rings. The number of ether oxygens (including phenoxy) is 2. The molecule has 31 heavy (non-hydrogen) atoms. The monoisotopic (exact) mass is 430 g/mol. The van der Waals surface area contributed by atoms with Gasteiger partial charge in [-0.1, -0.05) is 34.6 Å². The van der Waals surface area contributed by atoms with Crippen LogP contribution in [0.4, 0.5) is 0 Å². The van der Waals surface area contributed by atoms with Gasteiger partial charge in [0, 0.05) is 12.3 Å². The number of hydrogen-bond acceptors (Lipinski definition) is 3. The summed E-state index contributed by atoms with van der Waals surface area (Å²) in [6.07, 6.45) is 12.7. The van der Waals surface area contributed by atoms with Crippen LogP contribution < -0.4 is 0 Å². The first-order valence-electron chi connectivity index (χ1n) is 13.6. The highest BCUT2D eigenvalue weighted by Crippen LogP contribution is 2.73. The van der Waals surface area contributed by atoms with Crippen molar-refractivity contribution in [3.05, 3.63) is 0 Å². The Hall–Kier alpha value is -0.120. The second kappa shape index (κ2) is 6.72. The SMILES string of the molecule is C[C@H]1CCC2(OC1)OC1C[C@H]3[C@@H]4CC[C@]5(C)CC(O)CC[C@]5(C)[C@H]4CC[C@@]3(C)C1[C@@H]2C. The summed E-state index contributed by atoms with van der Waals surface area (Å²) < 4.78 is 13.4. The Bertz CT molecular complexity index is 728. The van der Waals surface area contributed by atoms with E-state index in [1.54, 1.807) is 0 Å². The fraction of sp³-hybridized carbons (Fsp3) is 1.00. The molecular weight excluding hydrogens is 384 g/mol. The Morgan fingerprint density at radius 1 is 0.871 bits per heavy atom. The Morgan fingerprint density at radius 2 is 1.68 bits per heavy atom. The first-order valence-corrected chi connectivity index (χ1v) is 13.6. The predicted molar refractivity (Wildman–Crippen MR) is 122 cm³/mol. The van der Waals surface area contributed by atoms with Crippen molar-refractivity contribution >= 4 is 0 Å². The third-order valence-corrected chi connectivity index (χ3v) is 12.6. The number of aliphatic hydroxyl groups is 1. The molecule has 0 amide bonds. The molecule has 3 nitrogen and oxygen atoms in total. The largest absolute Gasteiger partial charge is 0.393 e. The van der Waals surface area contributed by atoms with Gasteiger partial charge in [-0.05, 0) is 104 Å². The molecule has 0 bridgehead atoms. The van der Waals surface area contributed by atoms with Gasteiger partial charge in [-0.2, -0.15) is 0 Å². The summed E-state index contributed by atoms with van der Waals surface area (Å²) in [7, 11) is 0. The van der Waals surface area contributed by atoms with Crippen LogP contribution in [0.5, 0.6) is 0 Å². The van der Waals surface area contributed by atoms with Crippen molar-refractivity contribution in [1.29, 1.82) is 0 Å². The lowest BCUT2D eigenvalue weighted by atomic mass is 9.40. The molecule has 4 unspecified atom stereocenters. The van der Waals surface area contributed by atoms with E-state index in [0.29, 0.717) is 40.1 Å². The van der Waals surface area contributed by atoms with Crippen LogP contribution in [-0.4, -0.2) is 29.7 Å². The van der Waals surface area contributed by atoms with Crippen LogP contribution in [0, 0.1) is 51.8 Å². The van der Waals surface area contributed by atoms with Crippen molar-refractivity contribution in [3.8, 4) is 0 Å². The Labute approximate surface area is 190 Å². The number of hydrogen-bond donors (Lipinski definition) is 1. The molecule has 0 aromatic carbocycles. The van der Waals surface area contributed by atoms with Crippen molar-refractivity contribution in [2.75, 3.05) is 6.61 Å². The lowest BCUT2D eigenvalue weighted by Crippen LogP contribution is -2.58. The standard InChI is InChI=1S/C28H46O3/c1-17-6-13-28(30-16-17)18(2)24-23(31-28)14-22-20-8-10-25(3)15-19(29)7-12-27(25,5)21(20)9-11-26(22,24)4/h17-24,29H,6-16H2,1-5H3/t17-,18-,19?,20+,21-,22-,23?,24?,25+,26+,27+,28?/m0/s1. The second-order valence-electron chi connectivity index (χ2n) is 13.8. The van der Waals surface area contributed by atoms with Crippen molar-refractivity contribution in [2.45, 2.75) is 117 Å². The van der Waals surface area contributed by atoms with E-state index in [1.165, 1.54) is 44.9 Å². The van der Waals surface area contributed by atoms with Crippen molar-refractivity contribution in [2.24, 2.45) is 51.8 Å². The molecule has 2 aliphatic heterocycles. The van der Waals surface area contributed by atoms with Gasteiger partial charge in [-0.25, -0.2) is 0 Å². The van der Waals surface area contributed by atoms with Crippen molar-refractivity contribution in [3.63, 3.8) is 0 Å². The summed E-state index contributed by atoms with van der Waals surface area (Å²) in [4.78, 5) is 0. The Balaban J connectivity index is 1.27. The summed E-state index contributed by atoms with van der Waals surface area (Å²) >= 11 is 0. The second-order valence-corrected chi connectivity index (χ2v) is 13.8. The van der Waals surface area contributed by atoms with Gasteiger partial charge in [0.1, 0.15) is 0 Å². The topological polar surface area (TPSA) is 38.7 Å². The lowest BCUT2D eigenvalue weighted by Gasteiger charge is -2.65. The molecule has 2 saturated heterocycles. The fourth-order valence-electron chi connectivity index (χ4n) is 10.6. The molecule has 6 rings (SSSR count). The third kappa shape index (κ3) is 2.69. The van der Waals surface area contributed by atoms with Crippen LogP contribution >= 0.6 is 0 Å². The highest BCUT2D eigenvalue weighted by Gasteiger charge is 2.70. The maximum Gasteiger partial charge on any atom is 0.171 e. The molecular formula is C28H46O3. The van der Waals surface area contributed by atoms with Crippen molar-refractivity contribution in [1.82, 2.24) is 0 Å². The predicted octanol–water partition coefficient (Wildman–Crippen LogP) is 6.18. The van der Waals surface area contributed by atoms with Gasteiger partial charge in [0.15, 0.2) is 5.79 Å². The van der Waals surface area contributed by atoms with E-state index >= 15 is 0 Å². The quantitative estimate of drug-likeness (QED) is 0.498. The molecule has 1 N–H and O–H groups in total. The van der Waals surface area contributed by atoms with Gasteiger partial charge in [0.25, 0.3) is 0 Å². The average molecular weight is 431 g/mol. The molecule has 2 heterocycles. The first kappa shape index (κ1) is 21.4. The maximum absolute atomic E-state index is 10.5. The molecule has 12 atom stereocenters. The zero-order valence-corrected chi connectivity index (χ0v) is 20.7. The molecule has 3 heteroatoms. The maximum atomic E-state index is 10.5. The lowest BCUT2D eigenvalue weighted by molar-refractivity contribution is -0.273. The highest BCUT2D eigenvalue weighted by molar-refractivity contribution is 5.16. The van der Waals surface area contributed by atoms with Gasteiger partial charge in [0.05, 0.1) is 18.8 Å². The van der Waals surface area contributed by atoms with E-state index in [1.807, 2.05) is 0 Å². The van der Waals surface area contributed by atoms with Crippen LogP contribution in [0.15, 0.2) is 0 Å². The van der Waals surface area contributed by atoms with Crippen LogP contribution in [0.1, 0.15) is 98.8 Å². The molecule has 0 radical (unpaired) electrons. The van der Waals surface area contributed by atoms with Gasteiger partial charge in [0.2, 0.25) is 0 Å². The van der Waals surface area contributed by atoms with E-state index in [-0.39, 0.29) is 11.9 Å². The fourth-order valence-corrected chi connectivity index (χ4v) is 10.6. The normalized spacial score (nSPS) is 63.3. The minimum atomic E-state index is -0.288. The zero-order valence-electron chi connectivity index (χ0n) is 20.7. The number of rotatable bonds is 0. The summed E-state index contributed by atoms with van der Waals surface area (Å²) in [6, 6.07) is 0. The summed E-state index contributed by atoms with van der Waals surface area (Å²) in [5.41, 5.74) is 1.15. The molecule has 4 aliphatic carbocycles. The van der Waals surface area contributed by atoms with Crippen LogP contribution in [0.25, 0.3) is 0 Å². The molecule has 4 saturated carbocycles. The van der Waals surface area contributed by atoms with Gasteiger partial charge < -0.3 is 14.6 Å². The average Bonchev–Trinajstić information content (AvgIpc) is 3.16. The summed E-state index contributed by atoms with van der Waals surface area (Å²) in [5, 5.41) is 10.5. The smallest absolute Gasteiger partial charge is 0.171 e. The van der Waals surface area contributed by atoms with Gasteiger partial charge >= 0.3 is 0 Å². The van der Waals surface area contributed by atoms with Crippen LogP contribution in [0.2, 0.25) is 0 Å². The third-order valence-electron chi connectivity index (χ3n) is 12.6. The molecule has 176 valence electrons. The molecule has 0 aromatic heterocycles. The van der Waals surface area contributed by atoms with E-state index in [2.05, 4.69) is 34.6 Å². The van der Waals surface area contributed by atoms with Gasteiger partial charge in [-0.3, -0.25) is 0 Å². The first-order chi connectivity index (χ1) is 14.6. The molecule has 1 spiro atoms. The van der Waals surface area contributed by atoms with E-state index < -0.39 is 0 Å². The van der Waals surface area contributed by atoms with E-state index in [0.717, 1.165) is 43.6 Å². The Kier molecular flexibility index (Phi) is 4.65. The zero-order chi connectivity index (χ0) is 21.8. The highest BCUT2D eigenvalue weighted by atomic mass is 16.7. The summed E-state index contributed by atoms with van der Waals surface area (Å²) in [6.45, 7) is 13.4.